The molecule has 2 saturated heterocycles. The van der Waals surface area contributed by atoms with Gasteiger partial charge in [0.15, 0.2) is 9.84 Å². The summed E-state index contributed by atoms with van der Waals surface area (Å²) in [5, 5.41) is -0.512. The fourth-order valence-electron chi connectivity index (χ4n) is 4.34. The molecule has 0 unspecified atom stereocenters. The molecule has 4 rings (SSSR count). The van der Waals surface area contributed by atoms with E-state index in [0.717, 1.165) is 24.9 Å². The van der Waals surface area contributed by atoms with Crippen LogP contribution >= 0.6 is 0 Å². The zero-order valence-corrected chi connectivity index (χ0v) is 17.2. The number of amides is 1. The van der Waals surface area contributed by atoms with E-state index in [1.807, 2.05) is 18.9 Å². The molecular formula is C20H27FN2O4S. The van der Waals surface area contributed by atoms with Crippen molar-refractivity contribution >= 4 is 15.7 Å². The van der Waals surface area contributed by atoms with Crippen molar-refractivity contribution in [2.75, 3.05) is 45.6 Å². The Bertz CT molecular complexity index is 861. The maximum absolute atomic E-state index is 13.2. The molecule has 3 aliphatic rings. The third kappa shape index (κ3) is 3.35. The minimum Gasteiger partial charge on any atom is -0.369 e. The minimum atomic E-state index is -3.27. The second kappa shape index (κ2) is 6.78. The van der Waals surface area contributed by atoms with E-state index in [4.69, 9.17) is 4.74 Å². The molecule has 28 heavy (non-hydrogen) atoms. The van der Waals surface area contributed by atoms with E-state index >= 15 is 0 Å². The molecular weight excluding hydrogens is 383 g/mol. The zero-order valence-electron chi connectivity index (χ0n) is 16.4. The van der Waals surface area contributed by atoms with Crippen LogP contribution in [0.3, 0.4) is 0 Å². The lowest BCUT2D eigenvalue weighted by atomic mass is 9.89. The fraction of sp³-hybridized carbons (Fsp3) is 0.650. The third-order valence-corrected chi connectivity index (χ3v) is 8.63. The van der Waals surface area contributed by atoms with Gasteiger partial charge in [-0.3, -0.25) is 4.79 Å². The number of carbonyl (C=O) groups excluding carboxylic acids is 1. The topological polar surface area (TPSA) is 66.9 Å². The SMILES string of the molecule is CCN(C)C[C@H]1COC2(CN(C(=O)C3(c4ccc(F)cc4)CC3)C2)CS1(=O)=O. The summed E-state index contributed by atoms with van der Waals surface area (Å²) in [6, 6.07) is 6.10. The van der Waals surface area contributed by atoms with Gasteiger partial charge in [0.25, 0.3) is 0 Å². The van der Waals surface area contributed by atoms with Crippen LogP contribution < -0.4 is 0 Å². The first-order valence-corrected chi connectivity index (χ1v) is 11.5. The zero-order chi connectivity index (χ0) is 20.2. The van der Waals surface area contributed by atoms with E-state index in [-0.39, 0.29) is 24.1 Å². The molecule has 1 saturated carbocycles. The van der Waals surface area contributed by atoms with Crippen molar-refractivity contribution in [1.82, 2.24) is 9.80 Å². The predicted octanol–water partition coefficient (Wildman–Crippen LogP) is 1.20. The van der Waals surface area contributed by atoms with Crippen molar-refractivity contribution in [3.05, 3.63) is 35.6 Å². The van der Waals surface area contributed by atoms with Gasteiger partial charge in [-0.1, -0.05) is 19.1 Å². The van der Waals surface area contributed by atoms with E-state index in [9.17, 15) is 17.6 Å². The number of carbonyl (C=O) groups is 1. The summed E-state index contributed by atoms with van der Waals surface area (Å²) in [7, 11) is -1.37. The summed E-state index contributed by atoms with van der Waals surface area (Å²) in [4.78, 5) is 16.7. The second-order valence-corrected chi connectivity index (χ2v) is 10.8. The van der Waals surface area contributed by atoms with Gasteiger partial charge >= 0.3 is 0 Å². The van der Waals surface area contributed by atoms with Crippen LogP contribution in [0.15, 0.2) is 24.3 Å². The van der Waals surface area contributed by atoms with Gasteiger partial charge in [0.2, 0.25) is 5.91 Å². The van der Waals surface area contributed by atoms with Gasteiger partial charge in [0.05, 0.1) is 36.1 Å². The third-order valence-electron chi connectivity index (χ3n) is 6.40. The highest BCUT2D eigenvalue weighted by atomic mass is 32.2. The molecule has 1 atom stereocenters. The molecule has 1 spiro atoms. The summed E-state index contributed by atoms with van der Waals surface area (Å²) in [6.07, 6.45) is 1.48. The van der Waals surface area contributed by atoms with Crippen LogP contribution in [0, 0.1) is 5.82 Å². The standard InChI is InChI=1S/C20H27FN2O4S/c1-3-22(2)10-17-11-27-19(14-28(17,25)26)12-23(13-19)18(24)20(8-9-20)15-4-6-16(21)7-5-15/h4-7,17H,3,8-14H2,1-2H3/t17-/m0/s1. The van der Waals surface area contributed by atoms with Crippen LogP contribution in [0.4, 0.5) is 4.39 Å². The molecule has 0 aromatic heterocycles. The molecule has 0 bridgehead atoms. The summed E-state index contributed by atoms with van der Waals surface area (Å²) >= 11 is 0. The number of hydrogen-bond donors (Lipinski definition) is 0. The van der Waals surface area contributed by atoms with E-state index < -0.39 is 26.1 Å². The summed E-state index contributed by atoms with van der Waals surface area (Å²) < 4.78 is 44.7. The number of ether oxygens (including phenoxy) is 1. The van der Waals surface area contributed by atoms with Crippen LogP contribution in [-0.4, -0.2) is 80.6 Å². The van der Waals surface area contributed by atoms with Crippen molar-refractivity contribution < 1.29 is 22.3 Å². The van der Waals surface area contributed by atoms with E-state index in [1.165, 1.54) is 12.1 Å². The number of rotatable bonds is 5. The molecule has 154 valence electrons. The Balaban J connectivity index is 1.41. The van der Waals surface area contributed by atoms with Gasteiger partial charge in [0, 0.05) is 6.54 Å². The molecule has 0 radical (unpaired) electrons. The Kier molecular flexibility index (Phi) is 4.79. The highest BCUT2D eigenvalue weighted by Gasteiger charge is 2.60. The number of likely N-dealkylation sites (tertiary alicyclic amines) is 1. The van der Waals surface area contributed by atoms with Gasteiger partial charge < -0.3 is 14.5 Å². The van der Waals surface area contributed by atoms with Crippen LogP contribution in [0.2, 0.25) is 0 Å². The molecule has 6 nitrogen and oxygen atoms in total. The van der Waals surface area contributed by atoms with Gasteiger partial charge in [-0.25, -0.2) is 12.8 Å². The first-order valence-electron chi connectivity index (χ1n) is 9.79. The molecule has 1 amide bonds. The van der Waals surface area contributed by atoms with Gasteiger partial charge in [-0.15, -0.1) is 0 Å². The largest absolute Gasteiger partial charge is 0.369 e. The van der Waals surface area contributed by atoms with Crippen LogP contribution in [0.5, 0.6) is 0 Å². The second-order valence-electron chi connectivity index (χ2n) is 8.53. The average molecular weight is 411 g/mol. The lowest BCUT2D eigenvalue weighted by molar-refractivity contribution is -0.167. The number of benzene rings is 1. The maximum Gasteiger partial charge on any atom is 0.233 e. The normalized spacial score (nSPS) is 26.9. The Hall–Kier alpha value is -1.51. The summed E-state index contributed by atoms with van der Waals surface area (Å²) in [5.74, 6) is -0.354. The first kappa shape index (κ1) is 19.8. The Morgan fingerprint density at radius 2 is 1.93 bits per heavy atom. The molecule has 1 aliphatic carbocycles. The van der Waals surface area contributed by atoms with Gasteiger partial charge in [0.1, 0.15) is 11.4 Å². The molecule has 1 aromatic rings. The van der Waals surface area contributed by atoms with E-state index in [2.05, 4.69) is 0 Å². The quantitative estimate of drug-likeness (QED) is 0.730. The highest BCUT2D eigenvalue weighted by Crippen LogP contribution is 2.51. The number of hydrogen-bond acceptors (Lipinski definition) is 5. The van der Waals surface area contributed by atoms with Crippen LogP contribution in [-0.2, 0) is 24.8 Å². The van der Waals surface area contributed by atoms with Crippen molar-refractivity contribution in [3.8, 4) is 0 Å². The fourth-order valence-corrected chi connectivity index (χ4v) is 6.33. The van der Waals surface area contributed by atoms with Crippen molar-refractivity contribution in [2.45, 2.75) is 36.0 Å². The Labute approximate surface area is 165 Å². The van der Waals surface area contributed by atoms with Crippen LogP contribution in [0.1, 0.15) is 25.3 Å². The van der Waals surface area contributed by atoms with Crippen molar-refractivity contribution in [1.29, 1.82) is 0 Å². The van der Waals surface area contributed by atoms with E-state index in [1.54, 1.807) is 17.0 Å². The molecule has 2 aliphatic heterocycles. The number of nitrogens with zero attached hydrogens (tertiary/aromatic N) is 2. The monoisotopic (exact) mass is 410 g/mol. The summed E-state index contributed by atoms with van der Waals surface area (Å²) in [6.45, 7) is 4.03. The van der Waals surface area contributed by atoms with Crippen molar-refractivity contribution in [2.24, 2.45) is 0 Å². The molecule has 8 heteroatoms. The van der Waals surface area contributed by atoms with Crippen LogP contribution in [0.25, 0.3) is 0 Å². The van der Waals surface area contributed by atoms with Gasteiger partial charge in [-0.05, 0) is 44.1 Å². The molecule has 3 fully saturated rings. The van der Waals surface area contributed by atoms with Gasteiger partial charge in [-0.2, -0.15) is 0 Å². The lowest BCUT2D eigenvalue weighted by Gasteiger charge is -2.53. The average Bonchev–Trinajstić information content (AvgIpc) is 3.43. The number of halogens is 1. The maximum atomic E-state index is 13.2. The smallest absolute Gasteiger partial charge is 0.233 e. The molecule has 1 aromatic carbocycles. The van der Waals surface area contributed by atoms with E-state index in [0.29, 0.717) is 19.6 Å². The molecule has 0 N–H and O–H groups in total. The Morgan fingerprint density at radius 3 is 2.46 bits per heavy atom. The minimum absolute atomic E-state index is 0.00132. The molecule has 2 heterocycles. The highest BCUT2D eigenvalue weighted by molar-refractivity contribution is 7.92. The predicted molar refractivity (Wildman–Crippen MR) is 103 cm³/mol. The van der Waals surface area contributed by atoms with Crippen molar-refractivity contribution in [3.63, 3.8) is 0 Å². The Morgan fingerprint density at radius 1 is 1.29 bits per heavy atom. The lowest BCUT2D eigenvalue weighted by Crippen LogP contribution is -2.71. The number of sulfone groups is 1. The first-order chi connectivity index (χ1) is 13.2. The summed E-state index contributed by atoms with van der Waals surface area (Å²) in [5.41, 5.74) is -0.510.